The number of nitrogens with two attached hydrogens (primary N) is 1. The van der Waals surface area contributed by atoms with Crippen LogP contribution in [0.5, 0.6) is 5.88 Å². The number of hydrogen-bond acceptors (Lipinski definition) is 3. The minimum atomic E-state index is -4.47. The first-order chi connectivity index (χ1) is 7.88. The molecule has 1 aromatic rings. The number of pyridine rings is 1. The predicted molar refractivity (Wildman–Crippen MR) is 57.5 cm³/mol. The highest BCUT2D eigenvalue weighted by atomic mass is 19.4. The fourth-order valence-electron chi connectivity index (χ4n) is 1.16. The van der Waals surface area contributed by atoms with Crippen LogP contribution in [0, 0.1) is 0 Å². The summed E-state index contributed by atoms with van der Waals surface area (Å²) in [4.78, 5) is 3.48. The summed E-state index contributed by atoms with van der Waals surface area (Å²) < 4.78 is 42.8. The zero-order valence-electron chi connectivity index (χ0n) is 9.71. The minimum Gasteiger partial charge on any atom is -0.474 e. The number of ether oxygens (including phenoxy) is 1. The molecular weight excluding hydrogens is 233 g/mol. The third-order valence-corrected chi connectivity index (χ3v) is 2.34. The molecule has 3 nitrogen and oxygen atoms in total. The number of alkyl halides is 3. The molecule has 17 heavy (non-hydrogen) atoms. The predicted octanol–water partition coefficient (Wildman–Crippen LogP) is 2.74. The lowest BCUT2D eigenvalue weighted by molar-refractivity contribution is -0.141. The number of hydrogen-bond donors (Lipinski definition) is 1. The van der Waals surface area contributed by atoms with E-state index in [2.05, 4.69) is 4.98 Å². The van der Waals surface area contributed by atoms with Crippen LogP contribution >= 0.6 is 0 Å². The van der Waals surface area contributed by atoms with Crippen LogP contribution in [0.4, 0.5) is 13.2 Å². The van der Waals surface area contributed by atoms with Gasteiger partial charge in [0, 0.05) is 12.1 Å². The molecule has 0 radical (unpaired) electrons. The van der Waals surface area contributed by atoms with E-state index in [0.29, 0.717) is 12.0 Å². The highest BCUT2D eigenvalue weighted by Crippen LogP contribution is 2.30. The molecule has 2 N–H and O–H groups in total. The van der Waals surface area contributed by atoms with Crippen LogP contribution in [0.15, 0.2) is 12.1 Å². The maximum Gasteiger partial charge on any atom is 0.433 e. The van der Waals surface area contributed by atoms with Gasteiger partial charge in [-0.2, -0.15) is 13.2 Å². The van der Waals surface area contributed by atoms with Gasteiger partial charge in [-0.05, 0) is 19.4 Å². The lowest BCUT2D eigenvalue weighted by Gasteiger charge is -2.16. The van der Waals surface area contributed by atoms with Crippen molar-refractivity contribution in [2.45, 2.75) is 39.1 Å². The Balaban J connectivity index is 3.07. The van der Waals surface area contributed by atoms with Gasteiger partial charge in [-0.15, -0.1) is 0 Å². The third kappa shape index (κ3) is 3.59. The van der Waals surface area contributed by atoms with E-state index >= 15 is 0 Å². The van der Waals surface area contributed by atoms with E-state index in [4.69, 9.17) is 10.5 Å². The molecular formula is C11H15F3N2O. The number of nitrogens with zero attached hydrogens (tertiary/aromatic N) is 1. The SMILES string of the molecule is CCC(C)Oc1nc(C(F)(F)F)ccc1CN. The van der Waals surface area contributed by atoms with Gasteiger partial charge in [-0.1, -0.05) is 13.0 Å². The maximum atomic E-state index is 12.5. The monoisotopic (exact) mass is 248 g/mol. The van der Waals surface area contributed by atoms with Crippen LogP contribution in [0.1, 0.15) is 31.5 Å². The Hall–Kier alpha value is -1.30. The van der Waals surface area contributed by atoms with Crippen LogP contribution in [-0.4, -0.2) is 11.1 Å². The third-order valence-electron chi connectivity index (χ3n) is 2.34. The normalized spacial score (nSPS) is 13.5. The molecule has 1 rings (SSSR count). The van der Waals surface area contributed by atoms with Crippen molar-refractivity contribution < 1.29 is 17.9 Å². The summed E-state index contributed by atoms with van der Waals surface area (Å²) >= 11 is 0. The molecule has 0 spiro atoms. The van der Waals surface area contributed by atoms with Crippen LogP contribution < -0.4 is 10.5 Å². The first kappa shape index (κ1) is 13.8. The van der Waals surface area contributed by atoms with E-state index in [0.717, 1.165) is 6.07 Å². The second-order valence-electron chi connectivity index (χ2n) is 3.70. The Morgan fingerprint density at radius 2 is 2.06 bits per heavy atom. The van der Waals surface area contributed by atoms with Crippen molar-refractivity contribution in [3.63, 3.8) is 0 Å². The average molecular weight is 248 g/mol. The second kappa shape index (κ2) is 5.35. The Bertz CT molecular complexity index is 379. The van der Waals surface area contributed by atoms with Crippen molar-refractivity contribution >= 4 is 0 Å². The van der Waals surface area contributed by atoms with E-state index < -0.39 is 11.9 Å². The lowest BCUT2D eigenvalue weighted by atomic mass is 10.2. The van der Waals surface area contributed by atoms with Gasteiger partial charge < -0.3 is 10.5 Å². The van der Waals surface area contributed by atoms with Gasteiger partial charge in [0.2, 0.25) is 5.88 Å². The highest BCUT2D eigenvalue weighted by Gasteiger charge is 2.33. The van der Waals surface area contributed by atoms with Crippen molar-refractivity contribution in [1.82, 2.24) is 4.98 Å². The lowest BCUT2D eigenvalue weighted by Crippen LogP contribution is -2.16. The Morgan fingerprint density at radius 3 is 2.53 bits per heavy atom. The molecule has 96 valence electrons. The number of halogens is 3. The molecule has 0 saturated heterocycles. The van der Waals surface area contributed by atoms with Crippen molar-refractivity contribution in [2.75, 3.05) is 0 Å². The molecule has 6 heteroatoms. The van der Waals surface area contributed by atoms with E-state index in [9.17, 15) is 13.2 Å². The molecule has 1 unspecified atom stereocenters. The Morgan fingerprint density at radius 1 is 1.41 bits per heavy atom. The van der Waals surface area contributed by atoms with Gasteiger partial charge in [-0.3, -0.25) is 0 Å². The van der Waals surface area contributed by atoms with Gasteiger partial charge in [0.25, 0.3) is 0 Å². The molecule has 0 aromatic carbocycles. The van der Waals surface area contributed by atoms with Crippen molar-refractivity contribution in [1.29, 1.82) is 0 Å². The molecule has 1 heterocycles. The summed E-state index contributed by atoms with van der Waals surface area (Å²) in [6.45, 7) is 3.74. The Labute approximate surface area is 97.8 Å². The molecule has 0 aliphatic rings. The van der Waals surface area contributed by atoms with Gasteiger partial charge in [-0.25, -0.2) is 4.98 Å². The molecule has 0 aliphatic heterocycles. The first-order valence-electron chi connectivity index (χ1n) is 5.32. The van der Waals surface area contributed by atoms with E-state index in [1.807, 2.05) is 6.92 Å². The molecule has 0 bridgehead atoms. The summed E-state index contributed by atoms with van der Waals surface area (Å²) in [5, 5.41) is 0. The number of rotatable bonds is 4. The Kier molecular flexibility index (Phi) is 4.34. The molecule has 1 aromatic heterocycles. The second-order valence-corrected chi connectivity index (χ2v) is 3.70. The van der Waals surface area contributed by atoms with E-state index in [1.54, 1.807) is 6.92 Å². The summed E-state index contributed by atoms with van der Waals surface area (Å²) in [5.41, 5.74) is 4.93. The van der Waals surface area contributed by atoms with Gasteiger partial charge in [0.1, 0.15) is 5.69 Å². The fourth-order valence-corrected chi connectivity index (χ4v) is 1.16. The molecule has 0 saturated carbocycles. The zero-order valence-corrected chi connectivity index (χ0v) is 9.71. The first-order valence-corrected chi connectivity index (χ1v) is 5.32. The summed E-state index contributed by atoms with van der Waals surface area (Å²) in [7, 11) is 0. The van der Waals surface area contributed by atoms with Crippen molar-refractivity contribution in [3.8, 4) is 5.88 Å². The smallest absolute Gasteiger partial charge is 0.433 e. The van der Waals surface area contributed by atoms with Crippen LogP contribution in [0.2, 0.25) is 0 Å². The van der Waals surface area contributed by atoms with Crippen molar-refractivity contribution in [2.24, 2.45) is 5.73 Å². The molecule has 0 amide bonds. The maximum absolute atomic E-state index is 12.5. The van der Waals surface area contributed by atoms with Crippen LogP contribution in [0.25, 0.3) is 0 Å². The average Bonchev–Trinajstić information content (AvgIpc) is 2.27. The number of aromatic nitrogens is 1. The fraction of sp³-hybridized carbons (Fsp3) is 0.545. The van der Waals surface area contributed by atoms with Gasteiger partial charge in [0.05, 0.1) is 6.10 Å². The van der Waals surface area contributed by atoms with Gasteiger partial charge >= 0.3 is 6.18 Å². The quantitative estimate of drug-likeness (QED) is 0.891. The highest BCUT2D eigenvalue weighted by molar-refractivity contribution is 5.29. The largest absolute Gasteiger partial charge is 0.474 e. The topological polar surface area (TPSA) is 48.1 Å². The van der Waals surface area contributed by atoms with Gasteiger partial charge in [0.15, 0.2) is 0 Å². The van der Waals surface area contributed by atoms with Crippen molar-refractivity contribution in [3.05, 3.63) is 23.4 Å². The molecule has 1 atom stereocenters. The molecule has 0 fully saturated rings. The summed E-state index contributed by atoms with van der Waals surface area (Å²) in [5.74, 6) is -0.0309. The van der Waals surface area contributed by atoms with E-state index in [-0.39, 0.29) is 18.5 Å². The van der Waals surface area contributed by atoms with Crippen LogP contribution in [0.3, 0.4) is 0 Å². The van der Waals surface area contributed by atoms with E-state index in [1.165, 1.54) is 6.07 Å². The molecule has 0 aliphatic carbocycles. The summed E-state index contributed by atoms with van der Waals surface area (Å²) in [6, 6.07) is 2.21. The summed E-state index contributed by atoms with van der Waals surface area (Å²) in [6.07, 6.45) is -3.99. The zero-order chi connectivity index (χ0) is 13.1. The standard InChI is InChI=1S/C11H15F3N2O/c1-3-7(2)17-10-8(6-15)4-5-9(16-10)11(12,13)14/h4-5,7H,3,6,15H2,1-2H3. The minimum absolute atomic E-state index is 0.0309. The van der Waals surface area contributed by atoms with Crippen LogP contribution in [-0.2, 0) is 12.7 Å².